The Kier molecular flexibility index (Phi) is 7.75. The van der Waals surface area contributed by atoms with Gasteiger partial charge < -0.3 is 14.4 Å². The molecule has 0 bridgehead atoms. The highest BCUT2D eigenvalue weighted by Gasteiger charge is 2.27. The maximum Gasteiger partial charge on any atom is 0.354 e. The average molecular weight is 342 g/mol. The van der Waals surface area contributed by atoms with Gasteiger partial charge in [0.25, 0.3) is 0 Å². The van der Waals surface area contributed by atoms with Crippen molar-refractivity contribution < 1.29 is 14.4 Å². The molecule has 0 saturated heterocycles. The van der Waals surface area contributed by atoms with Gasteiger partial charge in [-0.05, 0) is 20.8 Å². The van der Waals surface area contributed by atoms with Crippen LogP contribution in [-0.4, -0.2) is 61.0 Å². The predicted octanol–water partition coefficient (Wildman–Crippen LogP) is 1.20. The van der Waals surface area contributed by atoms with Gasteiger partial charge in [0.15, 0.2) is 0 Å². The number of nitrogens with zero attached hydrogens (tertiary/aromatic N) is 4. The topological polar surface area (TPSA) is 115 Å². The van der Waals surface area contributed by atoms with Crippen molar-refractivity contribution in [1.82, 2.24) is 15.4 Å². The number of hydrogen-bond donors (Lipinski definition) is 2. The van der Waals surface area contributed by atoms with E-state index in [1.54, 1.807) is 19.1 Å². The zero-order valence-corrected chi connectivity index (χ0v) is 14.8. The van der Waals surface area contributed by atoms with E-state index < -0.39 is 4.92 Å². The summed E-state index contributed by atoms with van der Waals surface area (Å²) in [6.07, 6.45) is 1.29. The largest absolute Gasteiger partial charge is 0.383 e. The van der Waals surface area contributed by atoms with E-state index in [0.29, 0.717) is 26.3 Å². The van der Waals surface area contributed by atoms with Crippen molar-refractivity contribution in [2.75, 3.05) is 50.8 Å². The van der Waals surface area contributed by atoms with Crippen molar-refractivity contribution in [1.29, 1.82) is 0 Å². The molecular formula is C14H26N6O4. The third-order valence-electron chi connectivity index (χ3n) is 2.97. The van der Waals surface area contributed by atoms with Crippen molar-refractivity contribution in [3.8, 4) is 0 Å². The molecule has 0 fully saturated rings. The van der Waals surface area contributed by atoms with Gasteiger partial charge in [0.1, 0.15) is 6.33 Å². The van der Waals surface area contributed by atoms with E-state index >= 15 is 0 Å². The monoisotopic (exact) mass is 342 g/mol. The molecule has 10 heteroatoms. The summed E-state index contributed by atoms with van der Waals surface area (Å²) in [6.45, 7) is 7.50. The van der Waals surface area contributed by atoms with E-state index in [4.69, 9.17) is 9.47 Å². The lowest BCUT2D eigenvalue weighted by atomic mass is 10.1. The van der Waals surface area contributed by atoms with Crippen molar-refractivity contribution in [2.24, 2.45) is 0 Å². The number of methoxy groups -OCH3 is 2. The Hall–Kier alpha value is -2.04. The summed E-state index contributed by atoms with van der Waals surface area (Å²) < 4.78 is 10.1. The fourth-order valence-corrected chi connectivity index (χ4v) is 1.83. The van der Waals surface area contributed by atoms with Gasteiger partial charge in [-0.1, -0.05) is 0 Å². The Morgan fingerprint density at radius 2 is 1.79 bits per heavy atom. The Morgan fingerprint density at radius 1 is 1.21 bits per heavy atom. The normalized spacial score (nSPS) is 11.4. The average Bonchev–Trinajstić information content (AvgIpc) is 2.52. The Morgan fingerprint density at radius 3 is 2.25 bits per heavy atom. The molecule has 0 aromatic carbocycles. The first-order valence-corrected chi connectivity index (χ1v) is 7.55. The molecule has 0 aliphatic carbocycles. The first kappa shape index (κ1) is 20.0. The van der Waals surface area contributed by atoms with Gasteiger partial charge in [-0.25, -0.2) is 15.4 Å². The Balaban J connectivity index is 3.16. The molecule has 0 spiro atoms. The minimum absolute atomic E-state index is 0.111. The van der Waals surface area contributed by atoms with E-state index in [0.717, 1.165) is 0 Å². The van der Waals surface area contributed by atoms with E-state index in [2.05, 4.69) is 20.8 Å². The van der Waals surface area contributed by atoms with Crippen molar-refractivity contribution in [3.63, 3.8) is 0 Å². The first-order chi connectivity index (χ1) is 11.3. The maximum atomic E-state index is 11.6. The number of ether oxygens (including phenoxy) is 2. The van der Waals surface area contributed by atoms with Gasteiger partial charge in [0.05, 0.1) is 18.1 Å². The molecule has 1 aromatic rings. The summed E-state index contributed by atoms with van der Waals surface area (Å²) in [5.74, 6) is 0.335. The van der Waals surface area contributed by atoms with Gasteiger partial charge >= 0.3 is 5.69 Å². The highest BCUT2D eigenvalue weighted by molar-refractivity contribution is 5.70. The molecule has 2 N–H and O–H groups in total. The van der Waals surface area contributed by atoms with E-state index in [9.17, 15) is 10.1 Å². The van der Waals surface area contributed by atoms with Crippen LogP contribution in [-0.2, 0) is 9.47 Å². The molecule has 1 heterocycles. The van der Waals surface area contributed by atoms with Crippen LogP contribution in [0.2, 0.25) is 0 Å². The highest BCUT2D eigenvalue weighted by atomic mass is 16.6. The lowest BCUT2D eigenvalue weighted by molar-refractivity contribution is -0.383. The summed E-state index contributed by atoms with van der Waals surface area (Å²) in [5.41, 5.74) is 5.30. The minimum atomic E-state index is -0.491. The Bertz CT molecular complexity index is 526. The van der Waals surface area contributed by atoms with E-state index in [1.165, 1.54) is 6.33 Å². The molecule has 0 aliphatic rings. The lowest BCUT2D eigenvalue weighted by Crippen LogP contribution is -2.40. The molecule has 1 aromatic heterocycles. The van der Waals surface area contributed by atoms with Crippen LogP contribution in [0.15, 0.2) is 6.33 Å². The van der Waals surface area contributed by atoms with Crippen LogP contribution in [0.3, 0.4) is 0 Å². The fraction of sp³-hybridized carbons (Fsp3) is 0.714. The zero-order valence-electron chi connectivity index (χ0n) is 14.8. The number of rotatable bonds is 10. The van der Waals surface area contributed by atoms with Crippen LogP contribution in [0.25, 0.3) is 0 Å². The number of nitro groups is 1. The summed E-state index contributed by atoms with van der Waals surface area (Å²) in [7, 11) is 3.15. The van der Waals surface area contributed by atoms with Gasteiger partial charge in [-0.15, -0.1) is 0 Å². The van der Waals surface area contributed by atoms with Crippen LogP contribution in [0.1, 0.15) is 20.8 Å². The molecule has 136 valence electrons. The first-order valence-electron chi connectivity index (χ1n) is 7.55. The number of aromatic nitrogens is 2. The second-order valence-corrected chi connectivity index (χ2v) is 6.12. The predicted molar refractivity (Wildman–Crippen MR) is 91.2 cm³/mol. The standard InChI is InChI=1S/C14H26N6O4/c1-14(2,3)18-17-12-11(20(21)22)13(16-10-15-12)19(6-8-23-4)7-9-24-5/h10,18H,6-9H2,1-5H3,(H,15,16,17). The quantitative estimate of drug-likeness (QED) is 0.478. The minimum Gasteiger partial charge on any atom is -0.383 e. The summed E-state index contributed by atoms with van der Waals surface area (Å²) in [5, 5.41) is 11.6. The lowest BCUT2D eigenvalue weighted by Gasteiger charge is -2.24. The third kappa shape index (κ3) is 6.22. The molecule has 0 saturated carbocycles. The van der Waals surface area contributed by atoms with Crippen LogP contribution < -0.4 is 15.8 Å². The highest BCUT2D eigenvalue weighted by Crippen LogP contribution is 2.31. The molecule has 0 radical (unpaired) electrons. The number of hydrogen-bond acceptors (Lipinski definition) is 9. The van der Waals surface area contributed by atoms with Crippen LogP contribution in [0.5, 0.6) is 0 Å². The summed E-state index contributed by atoms with van der Waals surface area (Å²) in [6, 6.07) is 0. The molecular weight excluding hydrogens is 316 g/mol. The smallest absolute Gasteiger partial charge is 0.354 e. The maximum absolute atomic E-state index is 11.6. The molecule has 24 heavy (non-hydrogen) atoms. The van der Waals surface area contributed by atoms with Gasteiger partial charge in [-0.2, -0.15) is 0 Å². The number of nitrogens with one attached hydrogen (secondary N) is 2. The zero-order chi connectivity index (χ0) is 18.2. The van der Waals surface area contributed by atoms with Gasteiger partial charge in [0.2, 0.25) is 11.6 Å². The molecule has 0 amide bonds. The van der Waals surface area contributed by atoms with Crippen molar-refractivity contribution in [2.45, 2.75) is 26.3 Å². The van der Waals surface area contributed by atoms with E-state index in [1.807, 2.05) is 20.8 Å². The van der Waals surface area contributed by atoms with Gasteiger partial charge in [-0.3, -0.25) is 15.5 Å². The summed E-state index contributed by atoms with van der Waals surface area (Å²) >= 11 is 0. The molecule has 0 aliphatic heterocycles. The van der Waals surface area contributed by atoms with E-state index in [-0.39, 0.29) is 22.9 Å². The molecule has 0 atom stereocenters. The SMILES string of the molecule is COCCN(CCOC)c1ncnc(NNC(C)(C)C)c1[N+](=O)[O-]. The van der Waals surface area contributed by atoms with Gasteiger partial charge in [0, 0.05) is 32.8 Å². The molecule has 10 nitrogen and oxygen atoms in total. The van der Waals surface area contributed by atoms with Crippen molar-refractivity contribution in [3.05, 3.63) is 16.4 Å². The molecule has 0 unspecified atom stereocenters. The third-order valence-corrected chi connectivity index (χ3v) is 2.97. The summed E-state index contributed by atoms with van der Waals surface area (Å²) in [4.78, 5) is 20.9. The number of anilines is 2. The molecule has 1 rings (SSSR count). The van der Waals surface area contributed by atoms with Crippen LogP contribution in [0, 0.1) is 10.1 Å². The van der Waals surface area contributed by atoms with Crippen molar-refractivity contribution >= 4 is 17.3 Å². The second kappa shape index (κ2) is 9.30. The Labute approximate surface area is 141 Å². The second-order valence-electron chi connectivity index (χ2n) is 6.12. The van der Waals surface area contributed by atoms with Crippen LogP contribution in [0.4, 0.5) is 17.3 Å². The van der Waals surface area contributed by atoms with Crippen LogP contribution >= 0.6 is 0 Å². The fourth-order valence-electron chi connectivity index (χ4n) is 1.83. The number of hydrazine groups is 1.